The molecule has 0 N–H and O–H groups in total. The molecule has 0 radical (unpaired) electrons. The summed E-state index contributed by atoms with van der Waals surface area (Å²) in [6.45, 7) is 5.41. The Hall–Kier alpha value is -2.29. The Morgan fingerprint density at radius 1 is 1.05 bits per heavy atom. The van der Waals surface area contributed by atoms with Crippen LogP contribution in [0.2, 0.25) is 0 Å². The van der Waals surface area contributed by atoms with Crippen molar-refractivity contribution in [3.8, 4) is 0 Å². The number of amides is 1. The number of hydrogen-bond acceptors (Lipinski definition) is 2. The van der Waals surface area contributed by atoms with Crippen molar-refractivity contribution in [1.29, 1.82) is 0 Å². The highest BCUT2D eigenvalue weighted by Gasteiger charge is 2.29. The van der Waals surface area contributed by atoms with Crippen LogP contribution in [-0.4, -0.2) is 18.5 Å². The topological polar surface area (TPSA) is 23.6 Å². The lowest BCUT2D eigenvalue weighted by Gasteiger charge is -2.42. The quantitative estimate of drug-likeness (QED) is 0.841. The largest absolute Gasteiger partial charge is 0.361 e. The fraction of sp³-hybridized carbons (Fsp3) is 0.278. The number of nitrogens with zero attached hydrogens (tertiary/aromatic N) is 2. The summed E-state index contributed by atoms with van der Waals surface area (Å²) in [6.07, 6.45) is 0. The molecule has 0 aliphatic carbocycles. The highest BCUT2D eigenvalue weighted by Crippen LogP contribution is 2.36. The number of anilines is 2. The lowest BCUT2D eigenvalue weighted by atomic mass is 10.1. The average Bonchev–Trinajstić information content (AvgIpc) is 2.50. The van der Waals surface area contributed by atoms with E-state index < -0.39 is 0 Å². The van der Waals surface area contributed by atoms with Gasteiger partial charge in [-0.05, 0) is 24.6 Å². The molecular weight excluding hydrogens is 260 g/mol. The minimum Gasteiger partial charge on any atom is -0.361 e. The van der Waals surface area contributed by atoms with E-state index in [1.165, 1.54) is 5.56 Å². The molecule has 0 spiro atoms. The van der Waals surface area contributed by atoms with E-state index in [0.29, 0.717) is 6.04 Å². The summed E-state index contributed by atoms with van der Waals surface area (Å²) >= 11 is 0. The van der Waals surface area contributed by atoms with Gasteiger partial charge < -0.3 is 9.80 Å². The molecule has 3 heteroatoms. The minimum absolute atomic E-state index is 0.105. The van der Waals surface area contributed by atoms with Crippen LogP contribution in [0.5, 0.6) is 0 Å². The molecule has 2 aromatic carbocycles. The molecule has 0 saturated heterocycles. The van der Waals surface area contributed by atoms with E-state index in [1.54, 1.807) is 6.92 Å². The summed E-state index contributed by atoms with van der Waals surface area (Å²) in [5.74, 6) is 0.105. The first-order chi connectivity index (χ1) is 10.2. The molecule has 0 fully saturated rings. The van der Waals surface area contributed by atoms with Crippen LogP contribution >= 0.6 is 0 Å². The van der Waals surface area contributed by atoms with Gasteiger partial charge in [-0.25, -0.2) is 0 Å². The molecule has 21 heavy (non-hydrogen) atoms. The highest BCUT2D eigenvalue weighted by molar-refractivity contribution is 5.96. The van der Waals surface area contributed by atoms with Crippen LogP contribution in [0.25, 0.3) is 0 Å². The maximum absolute atomic E-state index is 11.9. The van der Waals surface area contributed by atoms with Crippen LogP contribution in [0.1, 0.15) is 19.4 Å². The second-order valence-electron chi connectivity index (χ2n) is 5.58. The van der Waals surface area contributed by atoms with Gasteiger partial charge >= 0.3 is 0 Å². The standard InChI is InChI=1S/C18H20N2O/c1-14-12-20(15(2)21)18-11-7-6-10-17(18)19(14)13-16-8-4-3-5-9-16/h3-11,14H,12-13H2,1-2H3. The van der Waals surface area contributed by atoms with E-state index in [4.69, 9.17) is 0 Å². The molecule has 0 aromatic heterocycles. The number of fused-ring (bicyclic) bond motifs is 1. The van der Waals surface area contributed by atoms with Gasteiger partial charge in [-0.15, -0.1) is 0 Å². The summed E-state index contributed by atoms with van der Waals surface area (Å²) in [4.78, 5) is 16.1. The van der Waals surface area contributed by atoms with Crippen molar-refractivity contribution in [3.63, 3.8) is 0 Å². The monoisotopic (exact) mass is 280 g/mol. The van der Waals surface area contributed by atoms with Crippen molar-refractivity contribution in [2.75, 3.05) is 16.3 Å². The molecule has 1 atom stereocenters. The Morgan fingerprint density at radius 3 is 2.33 bits per heavy atom. The third kappa shape index (κ3) is 2.64. The van der Waals surface area contributed by atoms with Crippen molar-refractivity contribution >= 4 is 17.3 Å². The predicted octanol–water partition coefficient (Wildman–Crippen LogP) is 3.45. The number of carbonyl (C=O) groups is 1. The Balaban J connectivity index is 1.97. The number of para-hydroxylation sites is 2. The van der Waals surface area contributed by atoms with Gasteiger partial charge in [0.1, 0.15) is 0 Å². The molecule has 2 aromatic rings. The average molecular weight is 280 g/mol. The SMILES string of the molecule is CC(=O)N1CC(C)N(Cc2ccccc2)c2ccccc21. The summed E-state index contributed by atoms with van der Waals surface area (Å²) in [5, 5.41) is 0. The maximum Gasteiger partial charge on any atom is 0.223 e. The predicted molar refractivity (Wildman–Crippen MR) is 86.6 cm³/mol. The zero-order valence-corrected chi connectivity index (χ0v) is 12.5. The molecule has 1 heterocycles. The molecule has 1 aliphatic heterocycles. The van der Waals surface area contributed by atoms with Crippen molar-refractivity contribution in [3.05, 3.63) is 60.2 Å². The molecule has 0 bridgehead atoms. The van der Waals surface area contributed by atoms with Gasteiger partial charge in [0.25, 0.3) is 0 Å². The van der Waals surface area contributed by atoms with E-state index in [1.807, 2.05) is 29.2 Å². The van der Waals surface area contributed by atoms with Gasteiger partial charge in [-0.1, -0.05) is 42.5 Å². The fourth-order valence-corrected chi connectivity index (χ4v) is 2.95. The summed E-state index contributed by atoms with van der Waals surface area (Å²) in [7, 11) is 0. The molecule has 3 nitrogen and oxygen atoms in total. The number of rotatable bonds is 2. The van der Waals surface area contributed by atoms with E-state index in [0.717, 1.165) is 24.5 Å². The third-order valence-electron chi connectivity index (χ3n) is 4.04. The van der Waals surface area contributed by atoms with E-state index in [2.05, 4.69) is 42.2 Å². The van der Waals surface area contributed by atoms with Gasteiger partial charge in [0.15, 0.2) is 0 Å². The zero-order chi connectivity index (χ0) is 14.8. The van der Waals surface area contributed by atoms with Crippen LogP contribution in [-0.2, 0) is 11.3 Å². The molecule has 1 unspecified atom stereocenters. The van der Waals surface area contributed by atoms with Crippen molar-refractivity contribution in [2.24, 2.45) is 0 Å². The van der Waals surface area contributed by atoms with Crippen LogP contribution < -0.4 is 9.80 Å². The van der Waals surface area contributed by atoms with Crippen LogP contribution in [0.15, 0.2) is 54.6 Å². The Bertz CT molecular complexity index is 639. The summed E-state index contributed by atoms with van der Waals surface area (Å²) < 4.78 is 0. The molecule has 108 valence electrons. The van der Waals surface area contributed by atoms with Crippen molar-refractivity contribution < 1.29 is 4.79 Å². The van der Waals surface area contributed by atoms with E-state index >= 15 is 0 Å². The second-order valence-corrected chi connectivity index (χ2v) is 5.58. The molecule has 0 saturated carbocycles. The van der Waals surface area contributed by atoms with Crippen LogP contribution in [0.3, 0.4) is 0 Å². The van der Waals surface area contributed by atoms with E-state index in [9.17, 15) is 4.79 Å². The summed E-state index contributed by atoms with van der Waals surface area (Å²) in [6, 6.07) is 18.9. The van der Waals surface area contributed by atoms with Crippen molar-refractivity contribution in [1.82, 2.24) is 0 Å². The first kappa shape index (κ1) is 13.7. The molecular formula is C18H20N2O. The van der Waals surface area contributed by atoms with Gasteiger partial charge in [0.2, 0.25) is 5.91 Å². The van der Waals surface area contributed by atoms with Crippen LogP contribution in [0.4, 0.5) is 11.4 Å². The van der Waals surface area contributed by atoms with Gasteiger partial charge in [-0.3, -0.25) is 4.79 Å². The Morgan fingerprint density at radius 2 is 1.67 bits per heavy atom. The van der Waals surface area contributed by atoms with E-state index in [-0.39, 0.29) is 5.91 Å². The summed E-state index contributed by atoms with van der Waals surface area (Å²) in [5.41, 5.74) is 3.43. The number of hydrogen-bond donors (Lipinski definition) is 0. The molecule has 1 amide bonds. The lowest BCUT2D eigenvalue weighted by molar-refractivity contribution is -0.116. The maximum atomic E-state index is 11.9. The second kappa shape index (κ2) is 5.60. The minimum atomic E-state index is 0.105. The smallest absolute Gasteiger partial charge is 0.223 e. The van der Waals surface area contributed by atoms with Gasteiger partial charge in [0, 0.05) is 26.1 Å². The first-order valence-corrected chi connectivity index (χ1v) is 7.34. The number of benzene rings is 2. The molecule has 3 rings (SSSR count). The van der Waals surface area contributed by atoms with Gasteiger partial charge in [0.05, 0.1) is 11.4 Å². The highest BCUT2D eigenvalue weighted by atomic mass is 16.2. The number of carbonyl (C=O) groups excluding carboxylic acids is 1. The zero-order valence-electron chi connectivity index (χ0n) is 12.5. The van der Waals surface area contributed by atoms with Crippen LogP contribution in [0, 0.1) is 0 Å². The Kier molecular flexibility index (Phi) is 3.65. The molecule has 1 aliphatic rings. The fourth-order valence-electron chi connectivity index (χ4n) is 2.95. The van der Waals surface area contributed by atoms with Gasteiger partial charge in [-0.2, -0.15) is 0 Å². The Labute approximate surface area is 125 Å². The lowest BCUT2D eigenvalue weighted by Crippen LogP contribution is -2.48. The third-order valence-corrected chi connectivity index (χ3v) is 4.04. The van der Waals surface area contributed by atoms with Crippen molar-refractivity contribution in [2.45, 2.75) is 26.4 Å². The first-order valence-electron chi connectivity index (χ1n) is 7.34. The normalized spacial score (nSPS) is 17.5.